The minimum absolute atomic E-state index is 0.0998. The van der Waals surface area contributed by atoms with Crippen molar-refractivity contribution in [3.63, 3.8) is 0 Å². The summed E-state index contributed by atoms with van der Waals surface area (Å²) in [5, 5.41) is 42.5. The summed E-state index contributed by atoms with van der Waals surface area (Å²) in [5.41, 5.74) is -0.447. The Hall–Kier alpha value is -3.56. The second-order valence-corrected chi connectivity index (χ2v) is 11.0. The number of aliphatic hydroxyl groups is 1. The number of carbonyl (C=O) groups is 2. The normalized spacial score (nSPS) is 22.0. The molecule has 41 heavy (non-hydrogen) atoms. The Morgan fingerprint density at radius 1 is 1.10 bits per heavy atom. The lowest BCUT2D eigenvalue weighted by Gasteiger charge is -2.51. The molecule has 2 aromatic rings. The number of hydrogen-bond acceptors (Lipinski definition) is 9. The summed E-state index contributed by atoms with van der Waals surface area (Å²) in [7, 11) is 1.46. The number of aliphatic carboxylic acids is 2. The van der Waals surface area contributed by atoms with Crippen molar-refractivity contribution >= 4 is 11.9 Å². The van der Waals surface area contributed by atoms with Crippen LogP contribution >= 0.6 is 0 Å². The molecule has 0 saturated carbocycles. The maximum atomic E-state index is 12.9. The van der Waals surface area contributed by atoms with Gasteiger partial charge in [0.2, 0.25) is 0 Å². The van der Waals surface area contributed by atoms with Gasteiger partial charge < -0.3 is 45.0 Å². The van der Waals surface area contributed by atoms with Crippen LogP contribution in [0.2, 0.25) is 0 Å². The van der Waals surface area contributed by atoms with Gasteiger partial charge >= 0.3 is 0 Å². The zero-order chi connectivity index (χ0) is 30.0. The Kier molecular flexibility index (Phi) is 11.6. The van der Waals surface area contributed by atoms with Gasteiger partial charge in [-0.2, -0.15) is 0 Å². The van der Waals surface area contributed by atoms with E-state index in [9.17, 15) is 24.9 Å². The fourth-order valence-electron chi connectivity index (χ4n) is 5.95. The third-order valence-corrected chi connectivity index (χ3v) is 7.81. The number of unbranched alkanes of at least 4 members (excludes halogenated alkanes) is 2. The molecule has 0 saturated heterocycles. The molecule has 5 atom stereocenters. The first-order chi connectivity index (χ1) is 19.6. The number of allylic oxidation sites excluding steroid dienone is 1. The van der Waals surface area contributed by atoms with E-state index in [-0.39, 0.29) is 24.8 Å². The van der Waals surface area contributed by atoms with Gasteiger partial charge in [0, 0.05) is 52.8 Å². The molecule has 0 amide bonds. The smallest absolute Gasteiger partial charge is 0.122 e. The molecule has 0 aliphatic carbocycles. The van der Waals surface area contributed by atoms with Gasteiger partial charge in [0.05, 0.1) is 13.1 Å². The van der Waals surface area contributed by atoms with Crippen LogP contribution in [0.4, 0.5) is 0 Å². The highest BCUT2D eigenvalue weighted by atomic mass is 16.5. The van der Waals surface area contributed by atoms with Crippen LogP contribution in [0.1, 0.15) is 64.4 Å². The van der Waals surface area contributed by atoms with E-state index in [0.717, 1.165) is 25.7 Å². The van der Waals surface area contributed by atoms with E-state index in [1.165, 1.54) is 7.11 Å². The largest absolute Gasteiger partial charge is 0.550 e. The second kappa shape index (κ2) is 14.9. The number of carbonyl (C=O) groups excluding carboxylic acids is 2. The Morgan fingerprint density at radius 3 is 2.41 bits per heavy atom. The van der Waals surface area contributed by atoms with Crippen molar-refractivity contribution in [2.75, 3.05) is 20.3 Å². The summed E-state index contributed by atoms with van der Waals surface area (Å²) in [5.74, 6) is -4.08. The van der Waals surface area contributed by atoms with Gasteiger partial charge in [-0.25, -0.2) is 0 Å². The number of nitrogens with one attached hydrogen (secondary N) is 2. The molecule has 0 aromatic heterocycles. The Labute approximate surface area is 242 Å². The molecule has 1 heterocycles. The molecule has 0 spiro atoms. The van der Waals surface area contributed by atoms with E-state index in [4.69, 9.17) is 9.47 Å². The first kappa shape index (κ1) is 32.0. The highest BCUT2D eigenvalue weighted by Crippen LogP contribution is 2.47. The standard InChI is InChI=1S/C32H44N2O7/c1-5-6-8-13-22(33-19-23(35)20-41-24-14-9-7-10-15-24)18-32(3)29(31(38)39)28(27(30(36)37)21(2)34-32)25-16-11-12-17-26(25)40-4/h7,9-12,14-17,22-23,28-29,33-35H,5-6,8,13,18-20H2,1-4H3,(H,36,37)(H,38,39)/p-2. The Bertz CT molecular complexity index is 1190. The van der Waals surface area contributed by atoms with Gasteiger partial charge in [0.25, 0.3) is 0 Å². The lowest BCUT2D eigenvalue weighted by molar-refractivity contribution is -0.315. The quantitative estimate of drug-likeness (QED) is 0.260. The van der Waals surface area contributed by atoms with Gasteiger partial charge in [-0.3, -0.25) is 0 Å². The summed E-state index contributed by atoms with van der Waals surface area (Å²) in [6.07, 6.45) is 3.22. The summed E-state index contributed by atoms with van der Waals surface area (Å²) in [6, 6.07) is 15.9. The number of aliphatic hydroxyl groups excluding tert-OH is 1. The summed E-state index contributed by atoms with van der Waals surface area (Å²) in [4.78, 5) is 25.2. The average Bonchev–Trinajstić information content (AvgIpc) is 2.94. The highest BCUT2D eigenvalue weighted by Gasteiger charge is 2.48. The van der Waals surface area contributed by atoms with E-state index in [0.29, 0.717) is 29.2 Å². The molecule has 0 radical (unpaired) electrons. The van der Waals surface area contributed by atoms with Crippen LogP contribution in [-0.4, -0.2) is 55.0 Å². The van der Waals surface area contributed by atoms with Crippen molar-refractivity contribution in [1.82, 2.24) is 10.6 Å². The second-order valence-electron chi connectivity index (χ2n) is 11.0. The van der Waals surface area contributed by atoms with Crippen molar-refractivity contribution in [2.24, 2.45) is 5.92 Å². The fourth-order valence-corrected chi connectivity index (χ4v) is 5.95. The molecule has 9 nitrogen and oxygen atoms in total. The number of methoxy groups -OCH3 is 1. The fraction of sp³-hybridized carbons (Fsp3) is 0.500. The van der Waals surface area contributed by atoms with Crippen LogP contribution in [-0.2, 0) is 9.59 Å². The van der Waals surface area contributed by atoms with Gasteiger partial charge in [0.15, 0.2) is 0 Å². The van der Waals surface area contributed by atoms with Crippen LogP contribution in [0.3, 0.4) is 0 Å². The van der Waals surface area contributed by atoms with Crippen molar-refractivity contribution < 1.29 is 34.4 Å². The van der Waals surface area contributed by atoms with Gasteiger partial charge in [-0.05, 0) is 44.9 Å². The number of carboxylic acid groups (broad SMARTS) is 2. The van der Waals surface area contributed by atoms with Gasteiger partial charge in [-0.1, -0.05) is 62.6 Å². The molecule has 2 aromatic carbocycles. The lowest BCUT2D eigenvalue weighted by atomic mass is 9.65. The topological polar surface area (TPSA) is 143 Å². The van der Waals surface area contributed by atoms with Crippen molar-refractivity contribution in [1.29, 1.82) is 0 Å². The minimum Gasteiger partial charge on any atom is -0.550 e. The van der Waals surface area contributed by atoms with Gasteiger partial charge in [-0.15, -0.1) is 0 Å². The van der Waals surface area contributed by atoms with Crippen LogP contribution in [0, 0.1) is 5.92 Å². The number of carboxylic acids is 2. The Morgan fingerprint density at radius 2 is 1.78 bits per heavy atom. The van der Waals surface area contributed by atoms with Gasteiger partial charge in [0.1, 0.15) is 24.2 Å². The summed E-state index contributed by atoms with van der Waals surface area (Å²) in [6.45, 7) is 5.86. The van der Waals surface area contributed by atoms with Crippen LogP contribution < -0.4 is 30.3 Å². The average molecular weight is 567 g/mol. The molecule has 9 heteroatoms. The van der Waals surface area contributed by atoms with E-state index in [1.807, 2.05) is 30.3 Å². The first-order valence-electron chi connectivity index (χ1n) is 14.2. The third kappa shape index (κ3) is 8.24. The number of ether oxygens (including phenoxy) is 2. The summed E-state index contributed by atoms with van der Waals surface area (Å²) < 4.78 is 11.2. The Balaban J connectivity index is 1.89. The van der Waals surface area contributed by atoms with E-state index in [1.54, 1.807) is 38.1 Å². The van der Waals surface area contributed by atoms with Crippen LogP contribution in [0.25, 0.3) is 0 Å². The van der Waals surface area contributed by atoms with Crippen molar-refractivity contribution in [3.05, 3.63) is 71.4 Å². The number of rotatable bonds is 16. The molecule has 1 aliphatic heterocycles. The van der Waals surface area contributed by atoms with Crippen molar-refractivity contribution in [2.45, 2.75) is 76.5 Å². The zero-order valence-corrected chi connectivity index (χ0v) is 24.4. The zero-order valence-electron chi connectivity index (χ0n) is 24.4. The van der Waals surface area contributed by atoms with E-state index >= 15 is 0 Å². The molecular weight excluding hydrogens is 524 g/mol. The van der Waals surface area contributed by atoms with Crippen LogP contribution in [0.5, 0.6) is 11.5 Å². The van der Waals surface area contributed by atoms with Crippen molar-refractivity contribution in [3.8, 4) is 11.5 Å². The van der Waals surface area contributed by atoms with E-state index in [2.05, 4.69) is 17.6 Å². The predicted molar refractivity (Wildman–Crippen MR) is 152 cm³/mol. The molecule has 3 rings (SSSR count). The predicted octanol–water partition coefficient (Wildman–Crippen LogP) is 1.90. The maximum Gasteiger partial charge on any atom is 0.122 e. The molecule has 5 unspecified atom stereocenters. The molecule has 3 N–H and O–H groups in total. The SMILES string of the molecule is CCCCCC(CC1(C)NC(C)=C(C(=O)[O-])C(c2ccccc2OC)C1C(=O)[O-])NCC(O)COc1ccccc1. The molecule has 1 aliphatic rings. The molecule has 0 bridgehead atoms. The number of benzene rings is 2. The summed E-state index contributed by atoms with van der Waals surface area (Å²) >= 11 is 0. The molecule has 224 valence electrons. The molecular formula is C32H42N2O7-2. The minimum atomic E-state index is -1.45. The number of para-hydroxylation sites is 2. The monoisotopic (exact) mass is 566 g/mol. The third-order valence-electron chi connectivity index (χ3n) is 7.81. The maximum absolute atomic E-state index is 12.9. The van der Waals surface area contributed by atoms with Crippen LogP contribution in [0.15, 0.2) is 65.9 Å². The number of hydrogen-bond donors (Lipinski definition) is 3. The molecule has 0 fully saturated rings. The lowest BCUT2D eigenvalue weighted by Crippen LogP contribution is -2.62. The first-order valence-corrected chi connectivity index (χ1v) is 14.2. The van der Waals surface area contributed by atoms with E-state index < -0.39 is 35.4 Å². The highest BCUT2D eigenvalue weighted by molar-refractivity contribution is 5.90.